The molecule has 0 aromatic heterocycles. The first kappa shape index (κ1) is 21.4. The molecule has 1 aliphatic heterocycles. The van der Waals surface area contributed by atoms with Crippen molar-refractivity contribution in [2.24, 2.45) is 0 Å². The Bertz CT molecular complexity index is 906. The lowest BCUT2D eigenvalue weighted by atomic mass is 9.72. The fourth-order valence-corrected chi connectivity index (χ4v) is 4.84. The van der Waals surface area contributed by atoms with E-state index in [4.69, 9.17) is 9.47 Å². The standard InChI is InChI=1S/C26H32N2O3/c1-3-31-25(29)26(21-9-5-4-6-10-21)15-13-22(14-16-26)27-17-19-28(20-18-27)23-11-7-8-12-24(23)30-2/h4-13,15,22H,3,14,16-20H2,1-2H3. The van der Waals surface area contributed by atoms with Crippen LogP contribution in [-0.4, -0.2) is 56.8 Å². The summed E-state index contributed by atoms with van der Waals surface area (Å²) < 4.78 is 11.0. The van der Waals surface area contributed by atoms with E-state index in [9.17, 15) is 4.79 Å². The predicted octanol–water partition coefficient (Wildman–Crippen LogP) is 4.04. The number of carbonyl (C=O) groups excluding carboxylic acids is 1. The van der Waals surface area contributed by atoms with Crippen LogP contribution in [0.2, 0.25) is 0 Å². The monoisotopic (exact) mass is 420 g/mol. The van der Waals surface area contributed by atoms with Crippen molar-refractivity contribution in [2.75, 3.05) is 44.8 Å². The molecule has 164 valence electrons. The van der Waals surface area contributed by atoms with Crippen molar-refractivity contribution in [1.82, 2.24) is 4.90 Å². The van der Waals surface area contributed by atoms with Gasteiger partial charge in [-0.2, -0.15) is 0 Å². The van der Waals surface area contributed by atoms with Crippen molar-refractivity contribution < 1.29 is 14.3 Å². The Balaban J connectivity index is 1.46. The van der Waals surface area contributed by atoms with Gasteiger partial charge in [0.05, 0.1) is 19.4 Å². The molecule has 0 radical (unpaired) electrons. The van der Waals surface area contributed by atoms with Gasteiger partial charge in [0.1, 0.15) is 11.2 Å². The fraction of sp³-hybridized carbons (Fsp3) is 0.423. The lowest BCUT2D eigenvalue weighted by molar-refractivity contribution is -0.148. The molecule has 5 nitrogen and oxygen atoms in total. The Morgan fingerprint density at radius 1 is 1.03 bits per heavy atom. The van der Waals surface area contributed by atoms with Crippen LogP contribution < -0.4 is 9.64 Å². The quantitative estimate of drug-likeness (QED) is 0.521. The molecule has 0 saturated carbocycles. The topological polar surface area (TPSA) is 42.0 Å². The summed E-state index contributed by atoms with van der Waals surface area (Å²) in [5.74, 6) is 0.785. The van der Waals surface area contributed by atoms with E-state index >= 15 is 0 Å². The highest BCUT2D eigenvalue weighted by Crippen LogP contribution is 2.38. The average Bonchev–Trinajstić information content (AvgIpc) is 2.85. The van der Waals surface area contributed by atoms with Crippen LogP contribution in [0.5, 0.6) is 5.75 Å². The van der Waals surface area contributed by atoms with Crippen LogP contribution in [0.25, 0.3) is 0 Å². The molecule has 1 aliphatic carbocycles. The smallest absolute Gasteiger partial charge is 0.320 e. The molecule has 2 unspecified atom stereocenters. The average molecular weight is 421 g/mol. The van der Waals surface area contributed by atoms with Gasteiger partial charge >= 0.3 is 5.97 Å². The molecule has 1 fully saturated rings. The van der Waals surface area contributed by atoms with Crippen molar-refractivity contribution in [2.45, 2.75) is 31.2 Å². The largest absolute Gasteiger partial charge is 0.495 e. The fourth-order valence-electron chi connectivity index (χ4n) is 4.84. The molecule has 4 rings (SSSR count). The van der Waals surface area contributed by atoms with Crippen LogP contribution in [0, 0.1) is 0 Å². The molecule has 0 bridgehead atoms. The second-order valence-electron chi connectivity index (χ2n) is 8.22. The number of rotatable bonds is 6. The summed E-state index contributed by atoms with van der Waals surface area (Å²) in [5, 5.41) is 0. The molecular formula is C26H32N2O3. The van der Waals surface area contributed by atoms with Crippen LogP contribution in [0.4, 0.5) is 5.69 Å². The van der Waals surface area contributed by atoms with Crippen LogP contribution >= 0.6 is 0 Å². The molecule has 1 heterocycles. The third-order valence-electron chi connectivity index (χ3n) is 6.58. The number of methoxy groups -OCH3 is 1. The number of nitrogens with zero attached hydrogens (tertiary/aromatic N) is 2. The maximum atomic E-state index is 13.0. The first-order valence-corrected chi connectivity index (χ1v) is 11.2. The maximum Gasteiger partial charge on any atom is 0.320 e. The second-order valence-corrected chi connectivity index (χ2v) is 8.22. The molecular weight excluding hydrogens is 388 g/mol. The summed E-state index contributed by atoms with van der Waals surface area (Å²) >= 11 is 0. The second kappa shape index (κ2) is 9.56. The number of para-hydroxylation sites is 2. The third-order valence-corrected chi connectivity index (χ3v) is 6.58. The summed E-state index contributed by atoms with van der Waals surface area (Å²) in [4.78, 5) is 17.9. The molecule has 2 aliphatic rings. The molecule has 31 heavy (non-hydrogen) atoms. The summed E-state index contributed by atoms with van der Waals surface area (Å²) in [6.45, 7) is 6.18. The number of piperazine rings is 1. The Hall–Kier alpha value is -2.79. The van der Waals surface area contributed by atoms with Gasteiger partial charge in [-0.1, -0.05) is 54.6 Å². The highest BCUT2D eigenvalue weighted by molar-refractivity contribution is 5.86. The Morgan fingerprint density at radius 2 is 1.74 bits per heavy atom. The summed E-state index contributed by atoms with van der Waals surface area (Å²) in [6, 6.07) is 18.6. The molecule has 0 amide bonds. The minimum Gasteiger partial charge on any atom is -0.495 e. The number of ether oxygens (including phenoxy) is 2. The molecule has 1 saturated heterocycles. The molecule has 2 aromatic rings. The lowest BCUT2D eigenvalue weighted by Crippen LogP contribution is -2.51. The molecule has 2 aromatic carbocycles. The van der Waals surface area contributed by atoms with Crippen molar-refractivity contribution in [3.8, 4) is 5.75 Å². The van der Waals surface area contributed by atoms with Crippen LogP contribution in [0.15, 0.2) is 66.7 Å². The Kier molecular flexibility index (Phi) is 6.62. The van der Waals surface area contributed by atoms with E-state index in [1.165, 1.54) is 0 Å². The van der Waals surface area contributed by atoms with E-state index < -0.39 is 5.41 Å². The first-order chi connectivity index (χ1) is 15.2. The normalized spacial score (nSPS) is 24.1. The van der Waals surface area contributed by atoms with E-state index in [1.807, 2.05) is 49.4 Å². The van der Waals surface area contributed by atoms with Gasteiger partial charge in [0.2, 0.25) is 0 Å². The zero-order valence-electron chi connectivity index (χ0n) is 18.5. The van der Waals surface area contributed by atoms with Gasteiger partial charge in [-0.25, -0.2) is 0 Å². The number of anilines is 1. The van der Waals surface area contributed by atoms with Crippen LogP contribution in [0.3, 0.4) is 0 Å². The molecule has 0 spiro atoms. The van der Waals surface area contributed by atoms with Gasteiger partial charge in [0.15, 0.2) is 0 Å². The van der Waals surface area contributed by atoms with Gasteiger partial charge in [-0.3, -0.25) is 9.69 Å². The van der Waals surface area contributed by atoms with E-state index in [-0.39, 0.29) is 5.97 Å². The highest BCUT2D eigenvalue weighted by Gasteiger charge is 2.42. The zero-order chi connectivity index (χ0) is 21.7. The van der Waals surface area contributed by atoms with E-state index in [0.717, 1.165) is 56.0 Å². The van der Waals surface area contributed by atoms with Crippen molar-refractivity contribution >= 4 is 11.7 Å². The van der Waals surface area contributed by atoms with Crippen molar-refractivity contribution in [3.63, 3.8) is 0 Å². The Morgan fingerprint density at radius 3 is 2.39 bits per heavy atom. The van der Waals surface area contributed by atoms with Gasteiger partial charge in [0, 0.05) is 32.2 Å². The predicted molar refractivity (Wildman–Crippen MR) is 124 cm³/mol. The number of hydrogen-bond acceptors (Lipinski definition) is 5. The number of benzene rings is 2. The van der Waals surface area contributed by atoms with E-state index in [0.29, 0.717) is 12.6 Å². The molecule has 0 N–H and O–H groups in total. The minimum absolute atomic E-state index is 0.142. The SMILES string of the molecule is CCOC(=O)C1(c2ccccc2)C=CC(N2CCN(c3ccccc3OC)CC2)CC1. The summed E-state index contributed by atoms with van der Waals surface area (Å²) in [5.41, 5.74) is 1.51. The number of carbonyl (C=O) groups is 1. The number of hydrogen-bond donors (Lipinski definition) is 0. The molecule has 2 atom stereocenters. The van der Waals surface area contributed by atoms with Gasteiger partial charge in [-0.05, 0) is 37.5 Å². The summed E-state index contributed by atoms with van der Waals surface area (Å²) in [6.07, 6.45) is 6.04. The number of esters is 1. The Labute approximate surface area is 185 Å². The van der Waals surface area contributed by atoms with Gasteiger partial charge in [-0.15, -0.1) is 0 Å². The van der Waals surface area contributed by atoms with Gasteiger partial charge < -0.3 is 14.4 Å². The van der Waals surface area contributed by atoms with E-state index in [1.54, 1.807) is 7.11 Å². The van der Waals surface area contributed by atoms with Gasteiger partial charge in [0.25, 0.3) is 0 Å². The summed E-state index contributed by atoms with van der Waals surface area (Å²) in [7, 11) is 1.73. The van der Waals surface area contributed by atoms with Crippen molar-refractivity contribution in [1.29, 1.82) is 0 Å². The van der Waals surface area contributed by atoms with Crippen LogP contribution in [-0.2, 0) is 14.9 Å². The lowest BCUT2D eigenvalue weighted by Gasteiger charge is -2.42. The highest BCUT2D eigenvalue weighted by atomic mass is 16.5. The van der Waals surface area contributed by atoms with Crippen LogP contribution in [0.1, 0.15) is 25.3 Å². The van der Waals surface area contributed by atoms with Crippen molar-refractivity contribution in [3.05, 3.63) is 72.3 Å². The third kappa shape index (κ3) is 4.33. The maximum absolute atomic E-state index is 13.0. The zero-order valence-corrected chi connectivity index (χ0v) is 18.5. The minimum atomic E-state index is -0.674. The van der Waals surface area contributed by atoms with E-state index in [2.05, 4.69) is 34.1 Å². The first-order valence-electron chi connectivity index (χ1n) is 11.2. The molecule has 5 heteroatoms.